The molecule has 0 bridgehead atoms. The number of benzene rings is 3. The smallest absolute Gasteiger partial charge is 0.264 e. The van der Waals surface area contributed by atoms with Crippen LogP contribution in [-0.2, 0) is 26.2 Å². The maximum Gasteiger partial charge on any atom is 0.264 e. The van der Waals surface area contributed by atoms with Gasteiger partial charge in [0.2, 0.25) is 11.8 Å². The normalized spacial score (nSPS) is 11.9. The van der Waals surface area contributed by atoms with E-state index < -0.39 is 34.3 Å². The Kier molecular flexibility index (Phi) is 9.46. The second-order valence-electron chi connectivity index (χ2n) is 8.65. The Morgan fingerprint density at radius 1 is 1.00 bits per heavy atom. The van der Waals surface area contributed by atoms with Gasteiger partial charge in [-0.15, -0.1) is 0 Å². The van der Waals surface area contributed by atoms with Crippen LogP contribution in [0.5, 0.6) is 5.75 Å². The van der Waals surface area contributed by atoms with E-state index in [9.17, 15) is 22.4 Å². The molecule has 3 aromatic carbocycles. The number of nitrogens with zero attached hydrogens (tertiary/aromatic N) is 2. The van der Waals surface area contributed by atoms with Crippen molar-refractivity contribution in [3.63, 3.8) is 0 Å². The van der Waals surface area contributed by atoms with Crippen molar-refractivity contribution < 1.29 is 27.1 Å². The number of anilines is 1. The van der Waals surface area contributed by atoms with Crippen molar-refractivity contribution in [1.82, 2.24) is 10.2 Å². The van der Waals surface area contributed by atoms with Gasteiger partial charge in [0.1, 0.15) is 24.2 Å². The molecule has 3 aromatic rings. The molecule has 0 saturated heterocycles. The average Bonchev–Trinajstić information content (AvgIpc) is 2.92. The van der Waals surface area contributed by atoms with Gasteiger partial charge in [-0.3, -0.25) is 13.9 Å². The van der Waals surface area contributed by atoms with E-state index in [0.717, 1.165) is 27.6 Å². The standard InChI is InChI=1S/C28H32FN3O5S/c1-5-26(28(34)30-3)31(18-21-9-7-6-8-20(21)2)27(33)19-32(23-12-10-22(29)11-13-23)38(35,36)25-16-14-24(37-4)15-17-25/h6-17,26H,5,18-19H2,1-4H3,(H,30,34). The second-order valence-corrected chi connectivity index (χ2v) is 10.5. The Hall–Kier alpha value is -3.92. The van der Waals surface area contributed by atoms with Crippen molar-refractivity contribution in [2.45, 2.75) is 37.8 Å². The fourth-order valence-electron chi connectivity index (χ4n) is 4.07. The number of amides is 2. The molecule has 0 spiro atoms. The molecule has 2 amide bonds. The minimum Gasteiger partial charge on any atom is -0.497 e. The molecule has 8 nitrogen and oxygen atoms in total. The monoisotopic (exact) mass is 541 g/mol. The lowest BCUT2D eigenvalue weighted by molar-refractivity contribution is -0.140. The van der Waals surface area contributed by atoms with E-state index in [1.807, 2.05) is 31.2 Å². The predicted molar refractivity (Wildman–Crippen MR) is 144 cm³/mol. The molecule has 0 heterocycles. The van der Waals surface area contributed by atoms with Crippen LogP contribution < -0.4 is 14.4 Å². The van der Waals surface area contributed by atoms with E-state index in [-0.39, 0.29) is 23.0 Å². The molecule has 3 rings (SSSR count). The van der Waals surface area contributed by atoms with E-state index in [4.69, 9.17) is 4.74 Å². The number of aryl methyl sites for hydroxylation is 1. The summed E-state index contributed by atoms with van der Waals surface area (Å²) in [5, 5.41) is 2.59. The SMILES string of the molecule is CCC(C(=O)NC)N(Cc1ccccc1C)C(=O)CN(c1ccc(F)cc1)S(=O)(=O)c1ccc(OC)cc1. The number of sulfonamides is 1. The first kappa shape index (κ1) is 28.6. The third kappa shape index (κ3) is 6.49. The highest BCUT2D eigenvalue weighted by molar-refractivity contribution is 7.92. The van der Waals surface area contributed by atoms with Crippen molar-refractivity contribution in [1.29, 1.82) is 0 Å². The van der Waals surface area contributed by atoms with Gasteiger partial charge in [-0.2, -0.15) is 0 Å². The highest BCUT2D eigenvalue weighted by Crippen LogP contribution is 2.26. The Labute approximate surface area is 223 Å². The van der Waals surface area contributed by atoms with Gasteiger partial charge in [-0.05, 0) is 73.0 Å². The summed E-state index contributed by atoms with van der Waals surface area (Å²) in [5.41, 5.74) is 1.87. The topological polar surface area (TPSA) is 96.0 Å². The highest BCUT2D eigenvalue weighted by Gasteiger charge is 2.33. The van der Waals surface area contributed by atoms with Gasteiger partial charge in [-0.1, -0.05) is 31.2 Å². The number of likely N-dealkylation sites (N-methyl/N-ethyl adjacent to an activating group) is 1. The molecule has 0 aliphatic heterocycles. The van der Waals surface area contributed by atoms with E-state index in [1.54, 1.807) is 6.92 Å². The zero-order chi connectivity index (χ0) is 27.9. The van der Waals surface area contributed by atoms with Crippen LogP contribution >= 0.6 is 0 Å². The first-order valence-electron chi connectivity index (χ1n) is 12.1. The summed E-state index contributed by atoms with van der Waals surface area (Å²) in [5.74, 6) is -1.02. The van der Waals surface area contributed by atoms with Crippen molar-refractivity contribution >= 4 is 27.5 Å². The number of hydrogen-bond acceptors (Lipinski definition) is 5. The Balaban J connectivity index is 2.06. The van der Waals surface area contributed by atoms with Crippen LogP contribution in [0.4, 0.5) is 10.1 Å². The maximum absolute atomic E-state index is 13.9. The molecule has 202 valence electrons. The molecule has 1 atom stereocenters. The summed E-state index contributed by atoms with van der Waals surface area (Å²) in [6.45, 7) is 3.19. The molecular weight excluding hydrogens is 509 g/mol. The first-order valence-corrected chi connectivity index (χ1v) is 13.5. The van der Waals surface area contributed by atoms with Crippen LogP contribution in [0.25, 0.3) is 0 Å². The van der Waals surface area contributed by atoms with Crippen LogP contribution in [0.1, 0.15) is 24.5 Å². The number of carbonyl (C=O) groups is 2. The van der Waals surface area contributed by atoms with Crippen LogP contribution in [0.15, 0.2) is 77.7 Å². The lowest BCUT2D eigenvalue weighted by Gasteiger charge is -2.33. The molecule has 0 aliphatic carbocycles. The molecule has 0 aromatic heterocycles. The zero-order valence-corrected chi connectivity index (χ0v) is 22.7. The van der Waals surface area contributed by atoms with Gasteiger partial charge in [0.05, 0.1) is 17.7 Å². The quantitative estimate of drug-likeness (QED) is 0.397. The lowest BCUT2D eigenvalue weighted by Crippen LogP contribution is -2.51. The lowest BCUT2D eigenvalue weighted by atomic mass is 10.1. The van der Waals surface area contributed by atoms with E-state index in [2.05, 4.69) is 5.32 Å². The fourth-order valence-corrected chi connectivity index (χ4v) is 5.48. The summed E-state index contributed by atoms with van der Waals surface area (Å²) in [6, 6.07) is 17.2. The Morgan fingerprint density at radius 3 is 2.18 bits per heavy atom. The van der Waals surface area contributed by atoms with Crippen LogP contribution in [0, 0.1) is 12.7 Å². The third-order valence-electron chi connectivity index (χ3n) is 6.28. The molecule has 38 heavy (non-hydrogen) atoms. The largest absolute Gasteiger partial charge is 0.497 e. The third-order valence-corrected chi connectivity index (χ3v) is 8.06. The van der Waals surface area contributed by atoms with Crippen LogP contribution in [0.2, 0.25) is 0 Å². The van der Waals surface area contributed by atoms with Crippen LogP contribution in [0.3, 0.4) is 0 Å². The van der Waals surface area contributed by atoms with Gasteiger partial charge in [0.25, 0.3) is 10.0 Å². The molecule has 0 radical (unpaired) electrons. The molecule has 0 saturated carbocycles. The molecule has 10 heteroatoms. The average molecular weight is 542 g/mol. The van der Waals surface area contributed by atoms with E-state index in [0.29, 0.717) is 12.2 Å². The number of halogens is 1. The summed E-state index contributed by atoms with van der Waals surface area (Å²) >= 11 is 0. The number of ether oxygens (including phenoxy) is 1. The van der Waals surface area contributed by atoms with E-state index in [1.165, 1.54) is 55.5 Å². The van der Waals surface area contributed by atoms with Gasteiger partial charge in [-0.25, -0.2) is 12.8 Å². The maximum atomic E-state index is 13.9. The van der Waals surface area contributed by atoms with Crippen molar-refractivity contribution in [3.05, 3.63) is 89.7 Å². The first-order chi connectivity index (χ1) is 18.1. The molecule has 1 N–H and O–H groups in total. The van der Waals surface area contributed by atoms with Crippen LogP contribution in [-0.4, -0.2) is 51.9 Å². The Morgan fingerprint density at radius 2 is 1.63 bits per heavy atom. The Bertz CT molecular complexity index is 1360. The molecule has 0 fully saturated rings. The summed E-state index contributed by atoms with van der Waals surface area (Å²) in [4.78, 5) is 27.9. The zero-order valence-electron chi connectivity index (χ0n) is 21.8. The molecule has 1 unspecified atom stereocenters. The predicted octanol–water partition coefficient (Wildman–Crippen LogP) is 3.89. The summed E-state index contributed by atoms with van der Waals surface area (Å²) < 4.78 is 47.3. The molecular formula is C28H32FN3O5S. The number of nitrogens with one attached hydrogen (secondary N) is 1. The van der Waals surface area contributed by atoms with Gasteiger partial charge < -0.3 is 15.0 Å². The summed E-state index contributed by atoms with van der Waals surface area (Å²) in [6.07, 6.45) is 0.319. The van der Waals surface area contributed by atoms with Crippen molar-refractivity contribution in [3.8, 4) is 5.75 Å². The highest BCUT2D eigenvalue weighted by atomic mass is 32.2. The number of rotatable bonds is 11. The number of hydrogen-bond donors (Lipinski definition) is 1. The minimum absolute atomic E-state index is 0.0702. The molecule has 0 aliphatic rings. The van der Waals surface area contributed by atoms with Crippen molar-refractivity contribution in [2.75, 3.05) is 25.0 Å². The fraction of sp³-hybridized carbons (Fsp3) is 0.286. The summed E-state index contributed by atoms with van der Waals surface area (Å²) in [7, 11) is -1.30. The van der Waals surface area contributed by atoms with E-state index >= 15 is 0 Å². The minimum atomic E-state index is -4.25. The van der Waals surface area contributed by atoms with Crippen molar-refractivity contribution in [2.24, 2.45) is 0 Å². The van der Waals surface area contributed by atoms with Gasteiger partial charge in [0, 0.05) is 13.6 Å². The van der Waals surface area contributed by atoms with Gasteiger partial charge >= 0.3 is 0 Å². The second kappa shape index (κ2) is 12.6. The number of methoxy groups -OCH3 is 1. The van der Waals surface area contributed by atoms with Gasteiger partial charge in [0.15, 0.2) is 0 Å². The number of carbonyl (C=O) groups excluding carboxylic acids is 2.